The summed E-state index contributed by atoms with van der Waals surface area (Å²) >= 11 is 1.73. The van der Waals surface area contributed by atoms with Crippen molar-refractivity contribution < 1.29 is 4.74 Å². The molecule has 1 atom stereocenters. The van der Waals surface area contributed by atoms with Crippen molar-refractivity contribution in [3.8, 4) is 5.75 Å². The van der Waals surface area contributed by atoms with Gasteiger partial charge in [-0.05, 0) is 36.0 Å². The van der Waals surface area contributed by atoms with Crippen LogP contribution in [0.5, 0.6) is 5.75 Å². The molecule has 0 amide bonds. The molecule has 0 bridgehead atoms. The monoisotopic (exact) mass is 275 g/mol. The van der Waals surface area contributed by atoms with E-state index in [0.29, 0.717) is 0 Å². The van der Waals surface area contributed by atoms with Gasteiger partial charge in [0.25, 0.3) is 0 Å². The second kappa shape index (κ2) is 6.73. The van der Waals surface area contributed by atoms with E-state index in [1.165, 1.54) is 22.4 Å². The number of methoxy groups -OCH3 is 1. The Bertz CT molecular complexity index is 504. The summed E-state index contributed by atoms with van der Waals surface area (Å²) in [7, 11) is 3.71. The van der Waals surface area contributed by atoms with E-state index < -0.39 is 0 Å². The molecule has 1 aromatic carbocycles. The first kappa shape index (κ1) is 14.1. The summed E-state index contributed by atoms with van der Waals surface area (Å²) < 4.78 is 5.42. The van der Waals surface area contributed by atoms with Crippen molar-refractivity contribution in [2.24, 2.45) is 0 Å². The van der Waals surface area contributed by atoms with Crippen molar-refractivity contribution in [2.75, 3.05) is 14.2 Å². The molecule has 0 aliphatic rings. The van der Waals surface area contributed by atoms with Crippen LogP contribution in [0.2, 0.25) is 0 Å². The second-order valence-corrected chi connectivity index (χ2v) is 5.51. The summed E-state index contributed by atoms with van der Waals surface area (Å²) in [6.45, 7) is 2.21. The number of thiophene rings is 1. The minimum Gasteiger partial charge on any atom is -0.496 e. The third-order valence-electron chi connectivity index (χ3n) is 3.28. The highest BCUT2D eigenvalue weighted by molar-refractivity contribution is 7.10. The standard InChI is InChI=1S/C16H21NOS/c1-4-5-12-6-8-13(9-7-12)15(17-2)16-14(18-3)10-11-19-16/h6-11,15,17H,4-5H2,1-3H3. The Balaban J connectivity index is 2.26. The maximum Gasteiger partial charge on any atom is 0.134 e. The average Bonchev–Trinajstić information content (AvgIpc) is 2.90. The summed E-state index contributed by atoms with van der Waals surface area (Å²) in [6, 6.07) is 11.1. The van der Waals surface area contributed by atoms with E-state index in [4.69, 9.17) is 4.74 Å². The van der Waals surface area contributed by atoms with Gasteiger partial charge in [-0.25, -0.2) is 0 Å². The number of benzene rings is 1. The van der Waals surface area contributed by atoms with Crippen LogP contribution in [-0.4, -0.2) is 14.2 Å². The van der Waals surface area contributed by atoms with Crippen molar-refractivity contribution >= 4 is 11.3 Å². The predicted octanol–water partition coefficient (Wildman–Crippen LogP) is 4.02. The largest absolute Gasteiger partial charge is 0.496 e. The first-order valence-electron chi connectivity index (χ1n) is 6.67. The minimum atomic E-state index is 0.200. The third-order valence-corrected chi connectivity index (χ3v) is 4.24. The van der Waals surface area contributed by atoms with E-state index in [1.54, 1.807) is 18.4 Å². The highest BCUT2D eigenvalue weighted by Gasteiger charge is 2.17. The molecule has 3 heteroatoms. The van der Waals surface area contributed by atoms with Crippen LogP contribution in [0.25, 0.3) is 0 Å². The van der Waals surface area contributed by atoms with Gasteiger partial charge in [-0.1, -0.05) is 37.6 Å². The molecule has 0 aliphatic heterocycles. The molecule has 0 saturated carbocycles. The van der Waals surface area contributed by atoms with Gasteiger partial charge in [0.2, 0.25) is 0 Å². The zero-order chi connectivity index (χ0) is 13.7. The molecule has 1 aromatic heterocycles. The molecule has 0 fully saturated rings. The van der Waals surface area contributed by atoms with E-state index in [-0.39, 0.29) is 6.04 Å². The lowest BCUT2D eigenvalue weighted by atomic mass is 10.0. The molecule has 0 saturated heterocycles. The molecule has 0 spiro atoms. The average molecular weight is 275 g/mol. The fourth-order valence-corrected chi connectivity index (χ4v) is 3.30. The van der Waals surface area contributed by atoms with Gasteiger partial charge in [-0.3, -0.25) is 0 Å². The van der Waals surface area contributed by atoms with Crippen LogP contribution in [-0.2, 0) is 6.42 Å². The Hall–Kier alpha value is -1.32. The SMILES string of the molecule is CCCc1ccc(C(NC)c2sccc2OC)cc1. The molecule has 2 nitrogen and oxygen atoms in total. The molecule has 19 heavy (non-hydrogen) atoms. The van der Waals surface area contributed by atoms with Gasteiger partial charge in [0.15, 0.2) is 0 Å². The zero-order valence-electron chi connectivity index (χ0n) is 11.8. The molecule has 1 heterocycles. The molecule has 1 N–H and O–H groups in total. The first-order valence-corrected chi connectivity index (χ1v) is 7.55. The summed E-state index contributed by atoms with van der Waals surface area (Å²) in [6.07, 6.45) is 2.33. The topological polar surface area (TPSA) is 21.3 Å². The lowest BCUT2D eigenvalue weighted by Gasteiger charge is -2.17. The number of ether oxygens (including phenoxy) is 1. The fraction of sp³-hybridized carbons (Fsp3) is 0.375. The normalized spacial score (nSPS) is 12.4. The molecule has 102 valence electrons. The number of aryl methyl sites for hydroxylation is 1. The lowest BCUT2D eigenvalue weighted by Crippen LogP contribution is -2.17. The van der Waals surface area contributed by atoms with Gasteiger partial charge >= 0.3 is 0 Å². The van der Waals surface area contributed by atoms with Crippen molar-refractivity contribution in [1.29, 1.82) is 0 Å². The second-order valence-electron chi connectivity index (χ2n) is 4.57. The third kappa shape index (κ3) is 3.17. The van der Waals surface area contributed by atoms with Gasteiger partial charge in [0, 0.05) is 0 Å². The highest BCUT2D eigenvalue weighted by Crippen LogP contribution is 2.34. The van der Waals surface area contributed by atoms with Crippen LogP contribution in [0.4, 0.5) is 0 Å². The molecule has 0 radical (unpaired) electrons. The molecule has 2 rings (SSSR count). The predicted molar refractivity (Wildman–Crippen MR) is 82.2 cm³/mol. The Morgan fingerprint density at radius 2 is 1.95 bits per heavy atom. The molecule has 2 aromatic rings. The van der Waals surface area contributed by atoms with Gasteiger partial charge in [-0.15, -0.1) is 11.3 Å². The van der Waals surface area contributed by atoms with E-state index in [2.05, 4.69) is 41.9 Å². The van der Waals surface area contributed by atoms with Crippen LogP contribution in [0.3, 0.4) is 0 Å². The maximum absolute atomic E-state index is 5.42. The maximum atomic E-state index is 5.42. The summed E-state index contributed by atoms with van der Waals surface area (Å²) in [5.41, 5.74) is 2.68. The van der Waals surface area contributed by atoms with Gasteiger partial charge in [-0.2, -0.15) is 0 Å². The van der Waals surface area contributed by atoms with Crippen LogP contribution in [0.1, 0.15) is 35.4 Å². The molecular weight excluding hydrogens is 254 g/mol. The quantitative estimate of drug-likeness (QED) is 0.860. The van der Waals surface area contributed by atoms with E-state index in [0.717, 1.165) is 12.2 Å². The number of rotatable bonds is 6. The van der Waals surface area contributed by atoms with Gasteiger partial charge in [0.1, 0.15) is 5.75 Å². The Morgan fingerprint density at radius 3 is 2.53 bits per heavy atom. The number of nitrogens with one attached hydrogen (secondary N) is 1. The van der Waals surface area contributed by atoms with Crippen molar-refractivity contribution in [2.45, 2.75) is 25.8 Å². The molecule has 1 unspecified atom stereocenters. The van der Waals surface area contributed by atoms with Crippen molar-refractivity contribution in [3.05, 3.63) is 51.7 Å². The molecular formula is C16H21NOS. The van der Waals surface area contributed by atoms with Crippen LogP contribution >= 0.6 is 11.3 Å². The highest BCUT2D eigenvalue weighted by atomic mass is 32.1. The van der Waals surface area contributed by atoms with Crippen molar-refractivity contribution in [1.82, 2.24) is 5.32 Å². The van der Waals surface area contributed by atoms with Crippen molar-refractivity contribution in [3.63, 3.8) is 0 Å². The zero-order valence-corrected chi connectivity index (χ0v) is 12.6. The number of hydrogen-bond donors (Lipinski definition) is 1. The van der Waals surface area contributed by atoms with Gasteiger partial charge in [0.05, 0.1) is 18.0 Å². The fourth-order valence-electron chi connectivity index (χ4n) is 2.30. The molecule has 0 aliphatic carbocycles. The Kier molecular flexibility index (Phi) is 5.00. The van der Waals surface area contributed by atoms with Crippen LogP contribution < -0.4 is 10.1 Å². The van der Waals surface area contributed by atoms with Crippen LogP contribution in [0.15, 0.2) is 35.7 Å². The van der Waals surface area contributed by atoms with Gasteiger partial charge < -0.3 is 10.1 Å². The minimum absolute atomic E-state index is 0.200. The lowest BCUT2D eigenvalue weighted by molar-refractivity contribution is 0.408. The summed E-state index contributed by atoms with van der Waals surface area (Å²) in [5, 5.41) is 5.45. The summed E-state index contributed by atoms with van der Waals surface area (Å²) in [5.74, 6) is 0.960. The Labute approximate surface area is 119 Å². The Morgan fingerprint density at radius 1 is 1.21 bits per heavy atom. The van der Waals surface area contributed by atoms with Crippen LogP contribution in [0, 0.1) is 0 Å². The smallest absolute Gasteiger partial charge is 0.134 e. The van der Waals surface area contributed by atoms with E-state index >= 15 is 0 Å². The summed E-state index contributed by atoms with van der Waals surface area (Å²) in [4.78, 5) is 1.23. The number of hydrogen-bond acceptors (Lipinski definition) is 3. The van der Waals surface area contributed by atoms with E-state index in [1.807, 2.05) is 13.1 Å². The van der Waals surface area contributed by atoms with E-state index in [9.17, 15) is 0 Å². The first-order chi connectivity index (χ1) is 9.30.